The molecule has 4 bridgehead atoms. The average Bonchev–Trinajstić information content (AvgIpc) is 3.65. The van der Waals surface area contributed by atoms with Gasteiger partial charge in [0.1, 0.15) is 12.2 Å². The molecule has 2 aromatic carbocycles. The van der Waals surface area contributed by atoms with E-state index in [0.29, 0.717) is 74.3 Å². The third-order valence-electron chi connectivity index (χ3n) is 11.8. The van der Waals surface area contributed by atoms with Gasteiger partial charge in [-0.05, 0) is 93.7 Å². The minimum absolute atomic E-state index is 0.0648. The average molecular weight is 781 g/mol. The molecular formula is C42H60N4O6S2. The highest BCUT2D eigenvalue weighted by Gasteiger charge is 2.43. The number of guanidine groups is 1. The van der Waals surface area contributed by atoms with E-state index in [-0.39, 0.29) is 35.7 Å². The lowest BCUT2D eigenvalue weighted by Crippen LogP contribution is -2.37. The molecule has 12 heteroatoms. The number of fused-ring (bicyclic) bond motifs is 7. The Morgan fingerprint density at radius 1 is 1.06 bits per heavy atom. The molecule has 1 saturated carbocycles. The van der Waals surface area contributed by atoms with Gasteiger partial charge in [0, 0.05) is 61.7 Å². The lowest BCUT2D eigenvalue weighted by Gasteiger charge is -2.30. The second-order valence-electron chi connectivity index (χ2n) is 16.0. The van der Waals surface area contributed by atoms with Gasteiger partial charge in [-0.3, -0.25) is 9.59 Å². The van der Waals surface area contributed by atoms with Crippen molar-refractivity contribution in [2.75, 3.05) is 24.7 Å². The monoisotopic (exact) mass is 780 g/mol. The first kappa shape index (κ1) is 40.6. The van der Waals surface area contributed by atoms with E-state index in [0.717, 1.165) is 87.5 Å². The number of nitrogens with zero attached hydrogens (tertiary/aromatic N) is 2. The number of nitrogens with two attached hydrogens (primary N) is 1. The number of aliphatic imine (C=N–C) groups is 1. The van der Waals surface area contributed by atoms with Gasteiger partial charge in [0.15, 0.2) is 17.5 Å². The lowest BCUT2D eigenvalue weighted by molar-refractivity contribution is -0.148. The number of aliphatic hydroxyl groups excluding tert-OH is 1. The number of aliphatic hydroxyl groups is 1. The fourth-order valence-corrected chi connectivity index (χ4v) is 10.8. The van der Waals surface area contributed by atoms with Crippen LogP contribution < -0.4 is 15.8 Å². The van der Waals surface area contributed by atoms with Crippen LogP contribution in [0.15, 0.2) is 41.4 Å². The molecule has 1 amide bonds. The van der Waals surface area contributed by atoms with Crippen molar-refractivity contribution in [3.8, 4) is 11.5 Å². The Bertz CT molecular complexity index is 1590. The zero-order valence-electron chi connectivity index (χ0n) is 31.9. The third kappa shape index (κ3) is 11.2. The van der Waals surface area contributed by atoms with Crippen LogP contribution in [0, 0.1) is 11.3 Å². The van der Waals surface area contributed by atoms with E-state index in [1.807, 2.05) is 23.1 Å². The second kappa shape index (κ2) is 19.7. The molecule has 2 aromatic rings. The van der Waals surface area contributed by atoms with Crippen molar-refractivity contribution in [1.29, 1.82) is 0 Å². The molecule has 3 aliphatic heterocycles. The zero-order valence-corrected chi connectivity index (χ0v) is 33.6. The van der Waals surface area contributed by atoms with E-state index in [4.69, 9.17) is 15.2 Å². The van der Waals surface area contributed by atoms with E-state index in [1.165, 1.54) is 12.5 Å². The summed E-state index contributed by atoms with van der Waals surface area (Å²) in [6, 6.07) is 12.4. The number of carbonyl (C=O) groups excluding carboxylic acids is 2. The zero-order chi connectivity index (χ0) is 37.9. The predicted octanol–water partition coefficient (Wildman–Crippen LogP) is 7.06. The Morgan fingerprint density at radius 3 is 2.72 bits per heavy atom. The number of benzene rings is 2. The van der Waals surface area contributed by atoms with Crippen LogP contribution in [0.4, 0.5) is 0 Å². The summed E-state index contributed by atoms with van der Waals surface area (Å²) in [5, 5.41) is 26.2. The van der Waals surface area contributed by atoms with Gasteiger partial charge in [-0.1, -0.05) is 71.2 Å². The van der Waals surface area contributed by atoms with Crippen molar-refractivity contribution >= 4 is 39.4 Å². The number of phenolic OH excluding ortho intramolecular Hbond substituents is 1. The fourth-order valence-electron chi connectivity index (χ4n) is 9.04. The first-order valence-corrected chi connectivity index (χ1v) is 22.7. The Labute approximate surface area is 329 Å². The SMILES string of the molecule is CC(=O)OC1CCc2cc(c(O)c3c2CCC2CCCC2O3)CN2CC(Cc3ccccc3)(CCNC(N)=NCSSCCCCCCC(O)C1)CC2=O. The summed E-state index contributed by atoms with van der Waals surface area (Å²) in [5.74, 6) is 2.89. The molecule has 6 rings (SSSR count). The topological polar surface area (TPSA) is 147 Å². The van der Waals surface area contributed by atoms with Crippen LogP contribution in [-0.4, -0.2) is 76.0 Å². The quantitative estimate of drug-likeness (QED) is 0.189. The van der Waals surface area contributed by atoms with Crippen LogP contribution in [0.3, 0.4) is 0 Å². The number of aryl methyl sites for hydroxylation is 1. The molecule has 54 heavy (non-hydrogen) atoms. The van der Waals surface area contributed by atoms with Crippen LogP contribution in [0.2, 0.25) is 0 Å². The van der Waals surface area contributed by atoms with E-state index in [1.54, 1.807) is 21.6 Å². The van der Waals surface area contributed by atoms with Gasteiger partial charge < -0.3 is 35.6 Å². The van der Waals surface area contributed by atoms with Crippen LogP contribution in [0.1, 0.15) is 113 Å². The fraction of sp³-hybridized carbons (Fsp3) is 0.643. The van der Waals surface area contributed by atoms with Crippen molar-refractivity contribution in [1.82, 2.24) is 10.2 Å². The molecule has 3 heterocycles. The van der Waals surface area contributed by atoms with Gasteiger partial charge in [0.2, 0.25) is 5.91 Å². The van der Waals surface area contributed by atoms with E-state index >= 15 is 0 Å². The highest BCUT2D eigenvalue weighted by Crippen LogP contribution is 2.46. The van der Waals surface area contributed by atoms with Crippen molar-refractivity contribution in [2.45, 2.75) is 135 Å². The summed E-state index contributed by atoms with van der Waals surface area (Å²) in [6.07, 6.45) is 12.4. The summed E-state index contributed by atoms with van der Waals surface area (Å²) in [7, 11) is 3.49. The van der Waals surface area contributed by atoms with Gasteiger partial charge in [-0.25, -0.2) is 4.99 Å². The number of nitrogens with one attached hydrogen (secondary N) is 1. The largest absolute Gasteiger partial charge is 0.504 e. The molecule has 296 valence electrons. The molecule has 5 N–H and O–H groups in total. The third-order valence-corrected chi connectivity index (χ3v) is 14.0. The molecule has 0 radical (unpaired) electrons. The van der Waals surface area contributed by atoms with Crippen molar-refractivity contribution in [3.05, 3.63) is 58.7 Å². The van der Waals surface area contributed by atoms with Gasteiger partial charge in [0.05, 0.1) is 12.0 Å². The minimum Gasteiger partial charge on any atom is -0.504 e. The van der Waals surface area contributed by atoms with Crippen molar-refractivity contribution in [3.63, 3.8) is 0 Å². The molecule has 0 aromatic heterocycles. The maximum absolute atomic E-state index is 13.9. The van der Waals surface area contributed by atoms with Crippen molar-refractivity contribution < 1.29 is 29.3 Å². The summed E-state index contributed by atoms with van der Waals surface area (Å²) in [5.41, 5.74) is 9.90. The molecule has 5 atom stereocenters. The molecule has 1 aliphatic carbocycles. The lowest BCUT2D eigenvalue weighted by atomic mass is 9.77. The summed E-state index contributed by atoms with van der Waals surface area (Å²) >= 11 is 0. The summed E-state index contributed by atoms with van der Waals surface area (Å²) < 4.78 is 12.5. The Kier molecular flexibility index (Phi) is 14.8. The maximum atomic E-state index is 13.9. The molecule has 5 unspecified atom stereocenters. The Hall–Kier alpha value is -3.09. The van der Waals surface area contributed by atoms with E-state index < -0.39 is 12.2 Å². The van der Waals surface area contributed by atoms with Gasteiger partial charge in [0.25, 0.3) is 0 Å². The van der Waals surface area contributed by atoms with Crippen LogP contribution in [0.25, 0.3) is 0 Å². The van der Waals surface area contributed by atoms with Crippen LogP contribution in [-0.2, 0) is 40.1 Å². The minimum atomic E-state index is -0.553. The number of hydrogen-bond acceptors (Lipinski definition) is 11. The molecule has 1 saturated heterocycles. The summed E-state index contributed by atoms with van der Waals surface area (Å²) in [4.78, 5) is 32.6. The van der Waals surface area contributed by atoms with Gasteiger partial charge in [-0.2, -0.15) is 0 Å². The number of carbonyl (C=O) groups is 2. The Morgan fingerprint density at radius 2 is 1.89 bits per heavy atom. The molecule has 2 fully saturated rings. The number of ether oxygens (including phenoxy) is 2. The predicted molar refractivity (Wildman–Crippen MR) is 218 cm³/mol. The van der Waals surface area contributed by atoms with E-state index in [2.05, 4.69) is 28.5 Å². The number of aromatic hydroxyl groups is 1. The first-order valence-electron chi connectivity index (χ1n) is 20.2. The highest BCUT2D eigenvalue weighted by molar-refractivity contribution is 8.76. The normalized spacial score (nSPS) is 28.1. The first-order chi connectivity index (χ1) is 26.2. The number of amides is 1. The summed E-state index contributed by atoms with van der Waals surface area (Å²) in [6.45, 7) is 2.86. The smallest absolute Gasteiger partial charge is 0.302 e. The number of rotatable bonds is 3. The van der Waals surface area contributed by atoms with E-state index in [9.17, 15) is 19.8 Å². The number of hydrogen-bond donors (Lipinski definition) is 4. The van der Waals surface area contributed by atoms with Crippen LogP contribution in [0.5, 0.6) is 11.5 Å². The maximum Gasteiger partial charge on any atom is 0.302 e. The number of esters is 1. The van der Waals surface area contributed by atoms with Gasteiger partial charge >= 0.3 is 5.97 Å². The molecular weight excluding hydrogens is 721 g/mol. The Balaban J connectivity index is 1.29. The van der Waals surface area contributed by atoms with Crippen molar-refractivity contribution in [2.24, 2.45) is 22.1 Å². The molecule has 4 aliphatic rings. The van der Waals surface area contributed by atoms with Crippen LogP contribution >= 0.6 is 21.6 Å². The second-order valence-corrected chi connectivity index (χ2v) is 18.5. The molecule has 0 spiro atoms. The molecule has 10 nitrogen and oxygen atoms in total. The number of phenols is 1. The highest BCUT2D eigenvalue weighted by atomic mass is 33.1. The van der Waals surface area contributed by atoms with Gasteiger partial charge in [-0.15, -0.1) is 0 Å². The standard InChI is InChI=1S/C42H60N4O6S2/c1-29(47)51-35-17-15-32-22-33(39(50)40-36(32)18-16-31-12-9-14-37(31)52-40)26-46-27-42(25-38(46)49,24-30-10-5-4-6-11-30)19-20-44-41(43)45-28-54-53-21-8-3-2-7-13-34(48)23-35/h4-6,10-11,22,31,34-35,37,48,50H,2-3,7-9,12-21,23-28H2,1H3,(H3,43,44,45).